The van der Waals surface area contributed by atoms with E-state index >= 15 is 0 Å². The fraction of sp³-hybridized carbons (Fsp3) is 0. The standard InChI is InChI=1S/C40H22O2S/c1-3-13-27-25(11-1)36(31-16-9-19-35-38(31)30-15-6-8-18-34(30)43-35)26-12-2-4-14-28(26)37(27)33-22-23-20-21-29-24-10-5-7-17-32(24)41-40(29)39(23)42-33/h1-22H. The first kappa shape index (κ1) is 23.2. The van der Waals surface area contributed by atoms with Crippen LogP contribution in [0.25, 0.3) is 97.1 Å². The number of rotatable bonds is 2. The van der Waals surface area contributed by atoms with Crippen molar-refractivity contribution in [2.45, 2.75) is 0 Å². The molecule has 0 saturated carbocycles. The van der Waals surface area contributed by atoms with Crippen LogP contribution in [0.1, 0.15) is 0 Å². The third-order valence-corrected chi connectivity index (χ3v) is 10.0. The third-order valence-electron chi connectivity index (χ3n) is 8.88. The summed E-state index contributed by atoms with van der Waals surface area (Å²) in [6.07, 6.45) is 0. The van der Waals surface area contributed by atoms with Gasteiger partial charge in [-0.15, -0.1) is 11.3 Å². The van der Waals surface area contributed by atoms with E-state index in [1.807, 2.05) is 29.5 Å². The minimum Gasteiger partial charge on any atom is -0.452 e. The van der Waals surface area contributed by atoms with Gasteiger partial charge in [-0.25, -0.2) is 0 Å². The maximum atomic E-state index is 6.78. The smallest absolute Gasteiger partial charge is 0.178 e. The van der Waals surface area contributed by atoms with E-state index in [2.05, 4.69) is 115 Å². The Labute approximate surface area is 250 Å². The number of hydrogen-bond donors (Lipinski definition) is 0. The van der Waals surface area contributed by atoms with Gasteiger partial charge in [-0.1, -0.05) is 103 Å². The molecule has 10 rings (SSSR count). The van der Waals surface area contributed by atoms with Crippen LogP contribution in [0.3, 0.4) is 0 Å². The Morgan fingerprint density at radius 3 is 1.81 bits per heavy atom. The fourth-order valence-electron chi connectivity index (χ4n) is 7.07. The highest BCUT2D eigenvalue weighted by Crippen LogP contribution is 2.48. The number of para-hydroxylation sites is 1. The summed E-state index contributed by atoms with van der Waals surface area (Å²) in [6, 6.07) is 47.7. The fourth-order valence-corrected chi connectivity index (χ4v) is 8.20. The van der Waals surface area contributed by atoms with Gasteiger partial charge in [0.15, 0.2) is 11.2 Å². The normalized spacial score (nSPS) is 12.2. The molecule has 0 aliphatic heterocycles. The van der Waals surface area contributed by atoms with E-state index in [1.165, 1.54) is 52.8 Å². The molecular weight excluding hydrogens is 545 g/mol. The maximum absolute atomic E-state index is 6.78. The van der Waals surface area contributed by atoms with Crippen LogP contribution in [-0.4, -0.2) is 0 Å². The maximum Gasteiger partial charge on any atom is 0.178 e. The van der Waals surface area contributed by atoms with Gasteiger partial charge in [-0.2, -0.15) is 0 Å². The van der Waals surface area contributed by atoms with Gasteiger partial charge in [-0.3, -0.25) is 0 Å². The number of benzene rings is 7. The van der Waals surface area contributed by atoms with Crippen molar-refractivity contribution in [1.82, 2.24) is 0 Å². The Balaban J connectivity index is 1.33. The summed E-state index contributed by atoms with van der Waals surface area (Å²) in [6.45, 7) is 0. The molecule has 10 aromatic rings. The zero-order valence-corrected chi connectivity index (χ0v) is 23.7. The van der Waals surface area contributed by atoms with Gasteiger partial charge in [0.05, 0.1) is 0 Å². The number of hydrogen-bond acceptors (Lipinski definition) is 3. The second-order valence-electron chi connectivity index (χ2n) is 11.2. The quantitative estimate of drug-likeness (QED) is 0.195. The van der Waals surface area contributed by atoms with E-state index in [4.69, 9.17) is 8.83 Å². The SMILES string of the molecule is c1ccc2c(c1)oc1c2ccc2cc(-c3c4ccccc4c(-c4cccc5sc6ccccc6c45)c4ccccc34)oc21. The highest BCUT2D eigenvalue weighted by molar-refractivity contribution is 7.25. The molecule has 3 aromatic heterocycles. The number of fused-ring (bicyclic) bond motifs is 10. The summed E-state index contributed by atoms with van der Waals surface area (Å²) in [7, 11) is 0. The summed E-state index contributed by atoms with van der Waals surface area (Å²) in [5, 5.41) is 10.6. The molecular formula is C40H22O2S. The van der Waals surface area contributed by atoms with Crippen LogP contribution in [0.2, 0.25) is 0 Å². The molecule has 7 aromatic carbocycles. The van der Waals surface area contributed by atoms with Crippen LogP contribution in [0.15, 0.2) is 142 Å². The molecule has 0 radical (unpaired) electrons. The van der Waals surface area contributed by atoms with Crippen molar-refractivity contribution in [3.05, 3.63) is 133 Å². The van der Waals surface area contributed by atoms with Crippen LogP contribution in [0.4, 0.5) is 0 Å². The second kappa shape index (κ2) is 8.57. The van der Waals surface area contributed by atoms with Gasteiger partial charge in [0.2, 0.25) is 0 Å². The Kier molecular flexibility index (Phi) is 4.63. The van der Waals surface area contributed by atoms with E-state index < -0.39 is 0 Å². The van der Waals surface area contributed by atoms with E-state index in [9.17, 15) is 0 Å². The molecule has 0 atom stereocenters. The summed E-state index contributed by atoms with van der Waals surface area (Å²) in [5.74, 6) is 0.848. The monoisotopic (exact) mass is 566 g/mol. The molecule has 3 heterocycles. The zero-order chi connectivity index (χ0) is 28.1. The molecule has 0 unspecified atom stereocenters. The summed E-state index contributed by atoms with van der Waals surface area (Å²) < 4.78 is 15.7. The summed E-state index contributed by atoms with van der Waals surface area (Å²) in [5.41, 5.74) is 6.10. The Morgan fingerprint density at radius 2 is 1.05 bits per heavy atom. The molecule has 200 valence electrons. The predicted octanol–water partition coefficient (Wildman–Crippen LogP) is 12.3. The van der Waals surface area contributed by atoms with E-state index in [0.717, 1.165) is 44.2 Å². The number of furan rings is 2. The Morgan fingerprint density at radius 1 is 0.419 bits per heavy atom. The van der Waals surface area contributed by atoms with Crippen molar-refractivity contribution >= 4 is 86.0 Å². The lowest BCUT2D eigenvalue weighted by Crippen LogP contribution is -1.90. The Hall–Kier alpha value is -5.38. The van der Waals surface area contributed by atoms with Gasteiger partial charge in [0.1, 0.15) is 11.3 Å². The summed E-state index contributed by atoms with van der Waals surface area (Å²) >= 11 is 1.86. The van der Waals surface area contributed by atoms with Crippen LogP contribution in [0, 0.1) is 0 Å². The van der Waals surface area contributed by atoms with Crippen LogP contribution in [0.5, 0.6) is 0 Å². The molecule has 0 N–H and O–H groups in total. The lowest BCUT2D eigenvalue weighted by Gasteiger charge is -2.17. The second-order valence-corrected chi connectivity index (χ2v) is 12.3. The van der Waals surface area contributed by atoms with E-state index in [1.54, 1.807) is 0 Å². The van der Waals surface area contributed by atoms with Gasteiger partial charge in [-0.05, 0) is 63.0 Å². The van der Waals surface area contributed by atoms with Crippen LogP contribution in [-0.2, 0) is 0 Å². The minimum atomic E-state index is 0.787. The summed E-state index contributed by atoms with van der Waals surface area (Å²) in [4.78, 5) is 0. The molecule has 0 fully saturated rings. The molecule has 0 bridgehead atoms. The largest absolute Gasteiger partial charge is 0.452 e. The van der Waals surface area contributed by atoms with Crippen molar-refractivity contribution in [2.24, 2.45) is 0 Å². The van der Waals surface area contributed by atoms with Gasteiger partial charge >= 0.3 is 0 Å². The highest BCUT2D eigenvalue weighted by Gasteiger charge is 2.22. The average Bonchev–Trinajstić information content (AvgIpc) is 3.76. The minimum absolute atomic E-state index is 0.787. The molecule has 2 nitrogen and oxygen atoms in total. The third kappa shape index (κ3) is 3.17. The molecule has 3 heteroatoms. The first-order chi connectivity index (χ1) is 21.3. The van der Waals surface area contributed by atoms with Crippen molar-refractivity contribution in [1.29, 1.82) is 0 Å². The molecule has 0 aliphatic rings. The zero-order valence-electron chi connectivity index (χ0n) is 22.9. The lowest BCUT2D eigenvalue weighted by atomic mass is 9.86. The van der Waals surface area contributed by atoms with Gasteiger partial charge in [0.25, 0.3) is 0 Å². The molecule has 0 amide bonds. The van der Waals surface area contributed by atoms with Crippen molar-refractivity contribution in [3.8, 4) is 22.5 Å². The first-order valence-electron chi connectivity index (χ1n) is 14.5. The van der Waals surface area contributed by atoms with E-state index in [0.29, 0.717) is 0 Å². The highest BCUT2D eigenvalue weighted by atomic mass is 32.1. The van der Waals surface area contributed by atoms with E-state index in [-0.39, 0.29) is 0 Å². The average molecular weight is 567 g/mol. The molecule has 0 spiro atoms. The van der Waals surface area contributed by atoms with Crippen LogP contribution >= 0.6 is 11.3 Å². The molecule has 43 heavy (non-hydrogen) atoms. The van der Waals surface area contributed by atoms with Crippen molar-refractivity contribution in [2.75, 3.05) is 0 Å². The Bertz CT molecular complexity index is 2680. The van der Waals surface area contributed by atoms with Gasteiger partial charge < -0.3 is 8.83 Å². The lowest BCUT2D eigenvalue weighted by molar-refractivity contribution is 0.612. The van der Waals surface area contributed by atoms with Crippen LogP contribution < -0.4 is 0 Å². The van der Waals surface area contributed by atoms with Crippen molar-refractivity contribution in [3.63, 3.8) is 0 Å². The van der Waals surface area contributed by atoms with Gasteiger partial charge in [0, 0.05) is 41.9 Å². The predicted molar refractivity (Wildman–Crippen MR) is 182 cm³/mol. The van der Waals surface area contributed by atoms with Crippen molar-refractivity contribution < 1.29 is 8.83 Å². The molecule has 0 saturated heterocycles. The first-order valence-corrected chi connectivity index (χ1v) is 15.3. The topological polar surface area (TPSA) is 26.3 Å². The number of thiophene rings is 1. The molecule has 0 aliphatic carbocycles.